The maximum absolute atomic E-state index is 6.81. The summed E-state index contributed by atoms with van der Waals surface area (Å²) in [4.78, 5) is -1.29. The number of fused-ring (bicyclic) bond motifs is 2. The summed E-state index contributed by atoms with van der Waals surface area (Å²) in [5.41, 5.74) is 0.873. The van der Waals surface area contributed by atoms with Crippen molar-refractivity contribution in [1.82, 2.24) is 0 Å². The Morgan fingerprint density at radius 2 is 1.56 bits per heavy atom. The Balaban J connectivity index is 2.19. The molecule has 1 aromatic rings. The Bertz CT molecular complexity index is 538. The van der Waals surface area contributed by atoms with Gasteiger partial charge in [0, 0.05) is 5.41 Å². The fourth-order valence-electron chi connectivity index (χ4n) is 3.33. The molecule has 0 spiro atoms. The number of halogens is 4. The SMILES string of the molecule is C[C@]1(c2ccccc2)C[C@]2(Cl)C[C@]1(Cl)C(Cl)=C2Cl. The highest BCUT2D eigenvalue weighted by Gasteiger charge is 2.68. The Morgan fingerprint density at radius 3 is 2.06 bits per heavy atom. The molecule has 0 heterocycles. The van der Waals surface area contributed by atoms with Crippen LogP contribution in [-0.2, 0) is 5.41 Å². The molecule has 1 fully saturated rings. The van der Waals surface area contributed by atoms with Crippen LogP contribution in [0, 0.1) is 0 Å². The van der Waals surface area contributed by atoms with E-state index in [1.54, 1.807) is 0 Å². The first kappa shape index (κ1) is 13.1. The third-order valence-corrected chi connectivity index (χ3v) is 6.93. The molecule has 4 heteroatoms. The van der Waals surface area contributed by atoms with Gasteiger partial charge in [-0.3, -0.25) is 0 Å². The summed E-state index contributed by atoms with van der Waals surface area (Å²) in [6.07, 6.45) is 1.30. The molecule has 2 aliphatic carbocycles. The topological polar surface area (TPSA) is 0 Å². The van der Waals surface area contributed by atoms with Gasteiger partial charge < -0.3 is 0 Å². The van der Waals surface area contributed by atoms with E-state index in [1.165, 1.54) is 0 Å². The van der Waals surface area contributed by atoms with Crippen molar-refractivity contribution in [3.8, 4) is 0 Å². The van der Waals surface area contributed by atoms with Gasteiger partial charge >= 0.3 is 0 Å². The van der Waals surface area contributed by atoms with Crippen molar-refractivity contribution in [3.63, 3.8) is 0 Å². The summed E-state index contributed by atoms with van der Waals surface area (Å²) in [5, 5.41) is 1.03. The van der Waals surface area contributed by atoms with Gasteiger partial charge in [-0.25, -0.2) is 0 Å². The second kappa shape index (κ2) is 3.82. The first-order valence-electron chi connectivity index (χ1n) is 5.83. The van der Waals surface area contributed by atoms with E-state index in [1.807, 2.05) is 18.2 Å². The first-order valence-corrected chi connectivity index (χ1v) is 7.34. The molecule has 2 aliphatic rings. The number of allylic oxidation sites excluding steroid dienone is 2. The smallest absolute Gasteiger partial charge is 0.0927 e. The van der Waals surface area contributed by atoms with Crippen molar-refractivity contribution in [3.05, 3.63) is 46.0 Å². The minimum absolute atomic E-state index is 0.285. The van der Waals surface area contributed by atoms with E-state index >= 15 is 0 Å². The van der Waals surface area contributed by atoms with E-state index < -0.39 is 9.75 Å². The lowest BCUT2D eigenvalue weighted by molar-refractivity contribution is 0.415. The van der Waals surface area contributed by atoms with E-state index in [0.717, 1.165) is 5.56 Å². The summed E-state index contributed by atoms with van der Waals surface area (Å²) in [6.45, 7) is 2.12. The lowest BCUT2D eigenvalue weighted by atomic mass is 9.71. The van der Waals surface area contributed by atoms with Crippen LogP contribution in [0.4, 0.5) is 0 Å². The van der Waals surface area contributed by atoms with Crippen LogP contribution in [-0.4, -0.2) is 9.75 Å². The molecule has 3 atom stereocenters. The molecule has 96 valence electrons. The van der Waals surface area contributed by atoms with Gasteiger partial charge in [-0.1, -0.05) is 60.5 Å². The van der Waals surface area contributed by atoms with E-state index in [2.05, 4.69) is 19.1 Å². The lowest BCUT2D eigenvalue weighted by Gasteiger charge is -2.41. The fourth-order valence-corrected chi connectivity index (χ4v) is 5.30. The van der Waals surface area contributed by atoms with Crippen LogP contribution in [0.1, 0.15) is 25.3 Å². The molecule has 0 amide bonds. The standard InChI is InChI=1S/C14H12Cl4/c1-12(9-5-3-2-4-6-9)7-13(17)8-14(12,18)11(16)10(13)15/h2-6H,7-8H2,1H3/t12-,13+,14+/m1/s1. The first-order chi connectivity index (χ1) is 8.33. The van der Waals surface area contributed by atoms with Crippen molar-refractivity contribution < 1.29 is 0 Å². The maximum atomic E-state index is 6.81. The van der Waals surface area contributed by atoms with Gasteiger partial charge in [0.25, 0.3) is 0 Å². The molecule has 0 aromatic heterocycles. The molecule has 0 saturated heterocycles. The molecular weight excluding hydrogens is 310 g/mol. The summed E-state index contributed by atoms with van der Waals surface area (Å²) < 4.78 is 0. The predicted molar refractivity (Wildman–Crippen MR) is 78.9 cm³/mol. The Labute approximate surface area is 127 Å². The van der Waals surface area contributed by atoms with Gasteiger partial charge in [-0.2, -0.15) is 0 Å². The molecule has 0 radical (unpaired) electrons. The molecule has 0 aliphatic heterocycles. The van der Waals surface area contributed by atoms with E-state index in [-0.39, 0.29) is 5.41 Å². The van der Waals surface area contributed by atoms with Crippen LogP contribution in [0.5, 0.6) is 0 Å². The van der Waals surface area contributed by atoms with Crippen molar-refractivity contribution in [2.24, 2.45) is 0 Å². The summed E-state index contributed by atoms with van der Waals surface area (Å²) in [5.74, 6) is 0. The fraction of sp³-hybridized carbons (Fsp3) is 0.429. The molecule has 2 bridgehead atoms. The zero-order valence-electron chi connectivity index (χ0n) is 9.81. The third-order valence-electron chi connectivity index (χ3n) is 4.38. The van der Waals surface area contributed by atoms with E-state index in [4.69, 9.17) is 46.4 Å². The number of hydrogen-bond donors (Lipinski definition) is 0. The van der Waals surface area contributed by atoms with Gasteiger partial charge in [0.1, 0.15) is 0 Å². The van der Waals surface area contributed by atoms with Crippen LogP contribution in [0.25, 0.3) is 0 Å². The van der Waals surface area contributed by atoms with Crippen LogP contribution >= 0.6 is 46.4 Å². The summed E-state index contributed by atoms with van der Waals surface area (Å²) in [7, 11) is 0. The molecular formula is C14H12Cl4. The van der Waals surface area contributed by atoms with Gasteiger partial charge in [0.05, 0.1) is 19.8 Å². The molecule has 1 aromatic carbocycles. The monoisotopic (exact) mass is 320 g/mol. The Morgan fingerprint density at radius 1 is 0.944 bits per heavy atom. The number of hydrogen-bond acceptors (Lipinski definition) is 0. The summed E-state index contributed by atoms with van der Waals surface area (Å²) >= 11 is 26.0. The lowest BCUT2D eigenvalue weighted by Crippen LogP contribution is -2.42. The molecule has 18 heavy (non-hydrogen) atoms. The minimum atomic E-state index is -0.686. The van der Waals surface area contributed by atoms with Crippen molar-refractivity contribution in [2.45, 2.75) is 34.9 Å². The zero-order valence-corrected chi connectivity index (χ0v) is 12.8. The van der Waals surface area contributed by atoms with Crippen molar-refractivity contribution in [1.29, 1.82) is 0 Å². The Kier molecular flexibility index (Phi) is 2.79. The predicted octanol–water partition coefficient (Wildman–Crippen LogP) is 5.40. The molecule has 3 rings (SSSR count). The van der Waals surface area contributed by atoms with Gasteiger partial charge in [0.15, 0.2) is 0 Å². The second-order valence-corrected chi connectivity index (χ2v) is 7.57. The van der Waals surface area contributed by atoms with E-state index in [9.17, 15) is 0 Å². The average Bonchev–Trinajstić information content (AvgIpc) is 2.67. The van der Waals surface area contributed by atoms with Crippen LogP contribution < -0.4 is 0 Å². The number of benzene rings is 1. The minimum Gasteiger partial charge on any atom is -0.113 e. The van der Waals surface area contributed by atoms with Gasteiger partial charge in [-0.15, -0.1) is 23.2 Å². The number of alkyl halides is 2. The highest BCUT2D eigenvalue weighted by Crippen LogP contribution is 2.70. The molecule has 0 unspecified atom stereocenters. The van der Waals surface area contributed by atoms with Crippen LogP contribution in [0.3, 0.4) is 0 Å². The molecule has 0 N–H and O–H groups in total. The third kappa shape index (κ3) is 1.41. The normalized spacial score (nSPS) is 42.7. The van der Waals surface area contributed by atoms with Crippen molar-refractivity contribution in [2.75, 3.05) is 0 Å². The largest absolute Gasteiger partial charge is 0.113 e. The highest BCUT2D eigenvalue weighted by atomic mass is 35.5. The maximum Gasteiger partial charge on any atom is 0.0927 e. The Hall–Kier alpha value is 0.120. The van der Waals surface area contributed by atoms with Crippen molar-refractivity contribution >= 4 is 46.4 Å². The molecule has 1 saturated carbocycles. The summed E-state index contributed by atoms with van der Waals surface area (Å²) in [6, 6.07) is 10.1. The zero-order chi connectivity index (χ0) is 13.2. The van der Waals surface area contributed by atoms with Crippen LogP contribution in [0.15, 0.2) is 40.4 Å². The van der Waals surface area contributed by atoms with Gasteiger partial charge in [-0.05, 0) is 18.4 Å². The average molecular weight is 322 g/mol. The molecule has 0 nitrogen and oxygen atoms in total. The van der Waals surface area contributed by atoms with Gasteiger partial charge in [0.2, 0.25) is 0 Å². The van der Waals surface area contributed by atoms with Crippen LogP contribution in [0.2, 0.25) is 0 Å². The van der Waals surface area contributed by atoms with E-state index in [0.29, 0.717) is 22.9 Å². The highest BCUT2D eigenvalue weighted by molar-refractivity contribution is 6.51. The quantitative estimate of drug-likeness (QED) is 0.608. The number of rotatable bonds is 1. The second-order valence-electron chi connectivity index (χ2n) is 5.45.